The van der Waals surface area contributed by atoms with Gasteiger partial charge in [-0.15, -0.1) is 0 Å². The van der Waals surface area contributed by atoms with Crippen LogP contribution in [0.25, 0.3) is 5.65 Å². The van der Waals surface area contributed by atoms with Crippen molar-refractivity contribution in [2.75, 3.05) is 0 Å². The molecule has 2 aromatic heterocycles. The van der Waals surface area contributed by atoms with Gasteiger partial charge in [0, 0.05) is 11.8 Å². The summed E-state index contributed by atoms with van der Waals surface area (Å²) in [5, 5.41) is 3.00. The van der Waals surface area contributed by atoms with Gasteiger partial charge in [-0.2, -0.15) is 0 Å². The molecule has 2 heterocycles. The van der Waals surface area contributed by atoms with Crippen LogP contribution in [0.3, 0.4) is 0 Å². The van der Waals surface area contributed by atoms with Crippen molar-refractivity contribution in [2.24, 2.45) is 0 Å². The van der Waals surface area contributed by atoms with Gasteiger partial charge in [0.25, 0.3) is 5.56 Å². The first-order chi connectivity index (χ1) is 10.8. The highest BCUT2D eigenvalue weighted by molar-refractivity contribution is 5.48. The van der Waals surface area contributed by atoms with Crippen LogP contribution in [-0.2, 0) is 19.4 Å². The van der Waals surface area contributed by atoms with E-state index in [1.165, 1.54) is 4.52 Å². The molecule has 0 aliphatic heterocycles. The zero-order valence-corrected chi connectivity index (χ0v) is 12.2. The third-order valence-electron chi connectivity index (χ3n) is 4.15. The standard InChI is InChI=1S/C17H17N3O2/c21-17-14-8-4-5-9-15(14)19-16-12(10-18-20(16)17)11-22-13-6-2-1-3-7-13/h1-3,6-7,10,18H,4-5,8-9,11H2. The SMILES string of the molecule is O=c1c2c(nc3c(COc4ccccc4)c[nH]n13)CCCC2. The molecule has 0 spiro atoms. The summed E-state index contributed by atoms with van der Waals surface area (Å²) in [6.07, 6.45) is 5.71. The molecule has 0 saturated carbocycles. The molecule has 22 heavy (non-hydrogen) atoms. The molecule has 1 N–H and O–H groups in total. The Morgan fingerprint density at radius 3 is 2.86 bits per heavy atom. The van der Waals surface area contributed by atoms with Crippen molar-refractivity contribution in [1.82, 2.24) is 14.6 Å². The highest BCUT2D eigenvalue weighted by Gasteiger charge is 2.18. The van der Waals surface area contributed by atoms with Crippen LogP contribution in [0.2, 0.25) is 0 Å². The fraction of sp³-hybridized carbons (Fsp3) is 0.294. The van der Waals surface area contributed by atoms with Crippen molar-refractivity contribution < 1.29 is 4.74 Å². The van der Waals surface area contributed by atoms with Crippen molar-refractivity contribution in [3.05, 3.63) is 63.7 Å². The molecule has 0 atom stereocenters. The number of fused-ring (bicyclic) bond motifs is 2. The molecule has 1 aliphatic carbocycles. The Labute approximate surface area is 127 Å². The summed E-state index contributed by atoms with van der Waals surface area (Å²) in [5.74, 6) is 0.808. The van der Waals surface area contributed by atoms with Crippen LogP contribution in [0.5, 0.6) is 5.75 Å². The molecule has 0 bridgehead atoms. The Hall–Kier alpha value is -2.56. The van der Waals surface area contributed by atoms with Crippen LogP contribution < -0.4 is 10.3 Å². The fourth-order valence-electron chi connectivity index (χ4n) is 2.98. The summed E-state index contributed by atoms with van der Waals surface area (Å²) >= 11 is 0. The second-order valence-corrected chi connectivity index (χ2v) is 5.61. The van der Waals surface area contributed by atoms with E-state index < -0.39 is 0 Å². The van der Waals surface area contributed by atoms with Gasteiger partial charge in [0.2, 0.25) is 0 Å². The van der Waals surface area contributed by atoms with Gasteiger partial charge in [-0.25, -0.2) is 9.50 Å². The molecular formula is C17H17N3O2. The van der Waals surface area contributed by atoms with Crippen LogP contribution in [0.15, 0.2) is 41.3 Å². The van der Waals surface area contributed by atoms with Gasteiger partial charge in [-0.3, -0.25) is 9.89 Å². The number of nitrogens with zero attached hydrogens (tertiary/aromatic N) is 2. The number of rotatable bonds is 3. The van der Waals surface area contributed by atoms with Gasteiger partial charge in [0.1, 0.15) is 12.4 Å². The van der Waals surface area contributed by atoms with Crippen LogP contribution >= 0.6 is 0 Å². The monoisotopic (exact) mass is 295 g/mol. The van der Waals surface area contributed by atoms with Crippen LogP contribution in [0.1, 0.15) is 29.7 Å². The quantitative estimate of drug-likeness (QED) is 0.807. The number of aryl methyl sites for hydroxylation is 1. The first kappa shape index (κ1) is 13.1. The largest absolute Gasteiger partial charge is 0.489 e. The molecule has 0 radical (unpaired) electrons. The van der Waals surface area contributed by atoms with E-state index in [2.05, 4.69) is 5.10 Å². The van der Waals surface area contributed by atoms with E-state index in [1.54, 1.807) is 6.20 Å². The highest BCUT2D eigenvalue weighted by atomic mass is 16.5. The normalized spacial score (nSPS) is 14.0. The maximum absolute atomic E-state index is 12.5. The van der Waals surface area contributed by atoms with E-state index in [4.69, 9.17) is 9.72 Å². The second kappa shape index (κ2) is 5.33. The average Bonchev–Trinajstić information content (AvgIpc) is 2.97. The minimum absolute atomic E-state index is 0.0330. The second-order valence-electron chi connectivity index (χ2n) is 5.61. The number of benzene rings is 1. The average molecular weight is 295 g/mol. The van der Waals surface area contributed by atoms with Gasteiger partial charge in [-0.05, 0) is 37.8 Å². The van der Waals surface area contributed by atoms with Crippen LogP contribution in [0, 0.1) is 0 Å². The van der Waals surface area contributed by atoms with Gasteiger partial charge in [-0.1, -0.05) is 18.2 Å². The Balaban J connectivity index is 1.70. The zero-order chi connectivity index (χ0) is 14.9. The van der Waals surface area contributed by atoms with E-state index in [1.807, 2.05) is 30.3 Å². The summed E-state index contributed by atoms with van der Waals surface area (Å²) in [4.78, 5) is 17.2. The minimum atomic E-state index is 0.0330. The van der Waals surface area contributed by atoms with E-state index in [9.17, 15) is 4.79 Å². The maximum Gasteiger partial charge on any atom is 0.276 e. The molecular weight excluding hydrogens is 278 g/mol. The third-order valence-corrected chi connectivity index (χ3v) is 4.15. The smallest absolute Gasteiger partial charge is 0.276 e. The number of para-hydroxylation sites is 1. The summed E-state index contributed by atoms with van der Waals surface area (Å²) in [5.41, 5.74) is 3.43. The Kier molecular flexibility index (Phi) is 3.18. The lowest BCUT2D eigenvalue weighted by atomic mass is 9.97. The first-order valence-electron chi connectivity index (χ1n) is 7.61. The van der Waals surface area contributed by atoms with Gasteiger partial charge in [0.15, 0.2) is 5.65 Å². The molecule has 5 nitrogen and oxygen atoms in total. The number of aromatic amines is 1. The lowest BCUT2D eigenvalue weighted by Crippen LogP contribution is -2.25. The fourth-order valence-corrected chi connectivity index (χ4v) is 2.98. The zero-order valence-electron chi connectivity index (χ0n) is 12.2. The molecule has 1 aromatic carbocycles. The predicted octanol–water partition coefficient (Wildman–Crippen LogP) is 2.48. The predicted molar refractivity (Wildman–Crippen MR) is 83.2 cm³/mol. The van der Waals surface area contributed by atoms with Crippen LogP contribution in [0.4, 0.5) is 0 Å². The summed E-state index contributed by atoms with van der Waals surface area (Å²) in [6, 6.07) is 9.64. The Morgan fingerprint density at radius 1 is 1.18 bits per heavy atom. The number of aromatic nitrogens is 3. The number of H-pyrrole nitrogens is 1. The molecule has 4 rings (SSSR count). The van der Waals surface area contributed by atoms with Gasteiger partial charge < -0.3 is 4.74 Å². The highest BCUT2D eigenvalue weighted by Crippen LogP contribution is 2.19. The number of hydrogen-bond acceptors (Lipinski definition) is 3. The molecule has 0 fully saturated rings. The van der Waals surface area contributed by atoms with Gasteiger partial charge >= 0.3 is 0 Å². The van der Waals surface area contributed by atoms with Crippen LogP contribution in [-0.4, -0.2) is 14.6 Å². The van der Waals surface area contributed by atoms with Crippen molar-refractivity contribution in [1.29, 1.82) is 0 Å². The van der Waals surface area contributed by atoms with E-state index in [-0.39, 0.29) is 5.56 Å². The summed E-state index contributed by atoms with van der Waals surface area (Å²) in [6.45, 7) is 0.391. The molecule has 0 amide bonds. The topological polar surface area (TPSA) is 59.4 Å². The Morgan fingerprint density at radius 2 is 2.00 bits per heavy atom. The maximum atomic E-state index is 12.5. The Bertz CT molecular complexity index is 865. The van der Waals surface area contributed by atoms with Crippen molar-refractivity contribution >= 4 is 5.65 Å². The molecule has 5 heteroatoms. The molecule has 0 unspecified atom stereocenters. The molecule has 1 aliphatic rings. The van der Waals surface area contributed by atoms with E-state index >= 15 is 0 Å². The van der Waals surface area contributed by atoms with Gasteiger partial charge in [0.05, 0.1) is 11.3 Å². The summed E-state index contributed by atoms with van der Waals surface area (Å²) in [7, 11) is 0. The van der Waals surface area contributed by atoms with E-state index in [0.29, 0.717) is 12.3 Å². The van der Waals surface area contributed by atoms with Crippen molar-refractivity contribution in [2.45, 2.75) is 32.3 Å². The molecule has 112 valence electrons. The van der Waals surface area contributed by atoms with Crippen molar-refractivity contribution in [3.63, 3.8) is 0 Å². The van der Waals surface area contributed by atoms with Crippen molar-refractivity contribution in [3.8, 4) is 5.75 Å². The minimum Gasteiger partial charge on any atom is -0.489 e. The molecule has 0 saturated heterocycles. The lowest BCUT2D eigenvalue weighted by molar-refractivity contribution is 0.307. The number of hydrogen-bond donors (Lipinski definition) is 1. The number of ether oxygens (including phenoxy) is 1. The lowest BCUT2D eigenvalue weighted by Gasteiger charge is -2.13. The first-order valence-corrected chi connectivity index (χ1v) is 7.61. The summed E-state index contributed by atoms with van der Waals surface area (Å²) < 4.78 is 7.30. The molecule has 3 aromatic rings. The van der Waals surface area contributed by atoms with E-state index in [0.717, 1.165) is 48.3 Å². The number of nitrogens with one attached hydrogen (secondary N) is 1. The third kappa shape index (κ3) is 2.19.